The zero-order valence-electron chi connectivity index (χ0n) is 12.8. The number of H-pyrrole nitrogens is 1. The SMILES string of the molecule is Cc1[nH]nc(S(=O)(=O)NCC(C)(C)CN(C)C)c1CN. The molecule has 0 atom stereocenters. The molecule has 0 aliphatic rings. The van der Waals surface area contributed by atoms with E-state index in [4.69, 9.17) is 5.73 Å². The fourth-order valence-corrected chi connectivity index (χ4v) is 3.61. The molecule has 0 spiro atoms. The Morgan fingerprint density at radius 2 is 2.00 bits per heavy atom. The minimum Gasteiger partial charge on any atom is -0.326 e. The molecule has 7 nitrogen and oxygen atoms in total. The zero-order chi connectivity index (χ0) is 15.6. The summed E-state index contributed by atoms with van der Waals surface area (Å²) in [6.07, 6.45) is 0. The molecule has 1 aromatic heterocycles. The molecule has 0 aromatic carbocycles. The summed E-state index contributed by atoms with van der Waals surface area (Å²) >= 11 is 0. The molecule has 1 aromatic rings. The van der Waals surface area contributed by atoms with Gasteiger partial charge in [0.1, 0.15) is 0 Å². The highest BCUT2D eigenvalue weighted by atomic mass is 32.2. The van der Waals surface area contributed by atoms with E-state index in [1.807, 2.05) is 32.8 Å². The lowest BCUT2D eigenvalue weighted by atomic mass is 9.93. The third kappa shape index (κ3) is 4.27. The van der Waals surface area contributed by atoms with Crippen molar-refractivity contribution in [2.24, 2.45) is 11.1 Å². The Hall–Kier alpha value is -0.960. The van der Waals surface area contributed by atoms with Gasteiger partial charge in [0, 0.05) is 30.9 Å². The second-order valence-electron chi connectivity index (χ2n) is 6.06. The Bertz CT molecular complexity index is 548. The summed E-state index contributed by atoms with van der Waals surface area (Å²) < 4.78 is 27.2. The van der Waals surface area contributed by atoms with Crippen molar-refractivity contribution in [3.8, 4) is 0 Å². The minimum absolute atomic E-state index is 0.00171. The second kappa shape index (κ2) is 6.21. The van der Waals surface area contributed by atoms with Crippen LogP contribution in [0.1, 0.15) is 25.1 Å². The van der Waals surface area contributed by atoms with Gasteiger partial charge < -0.3 is 10.6 Å². The first-order valence-electron chi connectivity index (χ1n) is 6.47. The van der Waals surface area contributed by atoms with Gasteiger partial charge in [0.25, 0.3) is 10.0 Å². The topological polar surface area (TPSA) is 104 Å². The van der Waals surface area contributed by atoms with Crippen LogP contribution in [0.15, 0.2) is 5.03 Å². The monoisotopic (exact) mass is 303 g/mol. The predicted octanol–water partition coefficient (Wildman–Crippen LogP) is 0.0429. The van der Waals surface area contributed by atoms with E-state index in [2.05, 4.69) is 14.9 Å². The van der Waals surface area contributed by atoms with Gasteiger partial charge in [-0.3, -0.25) is 5.10 Å². The predicted molar refractivity (Wildman–Crippen MR) is 78.7 cm³/mol. The van der Waals surface area contributed by atoms with Crippen LogP contribution in [0.2, 0.25) is 0 Å². The third-order valence-corrected chi connectivity index (χ3v) is 4.35. The van der Waals surface area contributed by atoms with Crippen molar-refractivity contribution in [2.45, 2.75) is 32.3 Å². The van der Waals surface area contributed by atoms with Crippen LogP contribution in [0, 0.1) is 12.3 Å². The largest absolute Gasteiger partial charge is 0.326 e. The van der Waals surface area contributed by atoms with Gasteiger partial charge in [-0.2, -0.15) is 5.10 Å². The summed E-state index contributed by atoms with van der Waals surface area (Å²) in [7, 11) is 0.274. The molecule has 4 N–H and O–H groups in total. The van der Waals surface area contributed by atoms with Gasteiger partial charge in [-0.1, -0.05) is 13.8 Å². The number of hydrogen-bond donors (Lipinski definition) is 3. The molecule has 0 bridgehead atoms. The van der Waals surface area contributed by atoms with Gasteiger partial charge in [0.2, 0.25) is 0 Å². The Morgan fingerprint density at radius 3 is 2.50 bits per heavy atom. The van der Waals surface area contributed by atoms with Crippen molar-refractivity contribution in [3.63, 3.8) is 0 Å². The van der Waals surface area contributed by atoms with Gasteiger partial charge in [-0.25, -0.2) is 13.1 Å². The van der Waals surface area contributed by atoms with E-state index in [0.717, 1.165) is 6.54 Å². The molecule has 0 saturated carbocycles. The summed E-state index contributed by atoms with van der Waals surface area (Å²) in [5, 5.41) is 6.52. The molecule has 0 aliphatic heterocycles. The number of sulfonamides is 1. The first-order chi connectivity index (χ1) is 9.09. The summed E-state index contributed by atoms with van der Waals surface area (Å²) in [5.41, 5.74) is 6.62. The highest BCUT2D eigenvalue weighted by Crippen LogP contribution is 2.18. The van der Waals surface area contributed by atoms with Crippen LogP contribution in [-0.2, 0) is 16.6 Å². The van der Waals surface area contributed by atoms with Crippen LogP contribution in [0.25, 0.3) is 0 Å². The summed E-state index contributed by atoms with van der Waals surface area (Å²) in [4.78, 5) is 2.03. The molecular formula is C12H25N5O2S. The normalized spacial score (nSPS) is 13.2. The number of nitrogens with two attached hydrogens (primary N) is 1. The van der Waals surface area contributed by atoms with Crippen molar-refractivity contribution in [1.82, 2.24) is 19.8 Å². The smallest absolute Gasteiger partial charge is 0.260 e. The summed E-state index contributed by atoms with van der Waals surface area (Å²) in [6.45, 7) is 7.02. The second-order valence-corrected chi connectivity index (χ2v) is 7.75. The minimum atomic E-state index is -3.64. The van der Waals surface area contributed by atoms with Gasteiger partial charge >= 0.3 is 0 Å². The van der Waals surface area contributed by atoms with Gasteiger partial charge in [-0.15, -0.1) is 0 Å². The molecule has 0 amide bonds. The molecule has 0 saturated heterocycles. The maximum atomic E-state index is 12.3. The lowest BCUT2D eigenvalue weighted by molar-refractivity contribution is 0.242. The number of aryl methyl sites for hydroxylation is 1. The molecule has 1 heterocycles. The average molecular weight is 303 g/mol. The maximum Gasteiger partial charge on any atom is 0.260 e. The van der Waals surface area contributed by atoms with Crippen molar-refractivity contribution < 1.29 is 8.42 Å². The zero-order valence-corrected chi connectivity index (χ0v) is 13.6. The lowest BCUT2D eigenvalue weighted by Gasteiger charge is -2.28. The number of nitrogens with one attached hydrogen (secondary N) is 2. The third-order valence-electron chi connectivity index (χ3n) is 2.98. The number of aromatic amines is 1. The van der Waals surface area contributed by atoms with Gasteiger partial charge in [0.05, 0.1) is 0 Å². The van der Waals surface area contributed by atoms with Crippen LogP contribution < -0.4 is 10.5 Å². The van der Waals surface area contributed by atoms with Crippen LogP contribution in [0.4, 0.5) is 0 Å². The highest BCUT2D eigenvalue weighted by molar-refractivity contribution is 7.89. The Labute approximate surface area is 121 Å². The van der Waals surface area contributed by atoms with E-state index in [1.165, 1.54) is 0 Å². The van der Waals surface area contributed by atoms with Gasteiger partial charge in [0.15, 0.2) is 5.03 Å². The average Bonchev–Trinajstić information content (AvgIpc) is 2.67. The molecule has 1 rings (SSSR count). The van der Waals surface area contributed by atoms with E-state index in [1.54, 1.807) is 6.92 Å². The molecule has 116 valence electrons. The fourth-order valence-electron chi connectivity index (χ4n) is 2.16. The maximum absolute atomic E-state index is 12.3. The van der Waals surface area contributed by atoms with E-state index >= 15 is 0 Å². The lowest BCUT2D eigenvalue weighted by Crippen LogP contribution is -2.40. The van der Waals surface area contributed by atoms with E-state index in [0.29, 0.717) is 17.8 Å². The summed E-state index contributed by atoms with van der Waals surface area (Å²) in [5.74, 6) is 0. The van der Waals surface area contributed by atoms with Crippen LogP contribution in [-0.4, -0.2) is 50.7 Å². The molecule has 20 heavy (non-hydrogen) atoms. The number of aromatic nitrogens is 2. The number of rotatable bonds is 7. The van der Waals surface area contributed by atoms with Gasteiger partial charge in [-0.05, 0) is 26.4 Å². The summed E-state index contributed by atoms with van der Waals surface area (Å²) in [6, 6.07) is 0. The number of hydrogen-bond acceptors (Lipinski definition) is 5. The van der Waals surface area contributed by atoms with Crippen molar-refractivity contribution in [3.05, 3.63) is 11.3 Å². The molecule has 0 unspecified atom stereocenters. The first kappa shape index (κ1) is 17.1. The van der Waals surface area contributed by atoms with Crippen LogP contribution in [0.3, 0.4) is 0 Å². The highest BCUT2D eigenvalue weighted by Gasteiger charge is 2.26. The van der Waals surface area contributed by atoms with Crippen LogP contribution in [0.5, 0.6) is 0 Å². The van der Waals surface area contributed by atoms with E-state index in [-0.39, 0.29) is 17.0 Å². The Morgan fingerprint density at radius 1 is 1.40 bits per heavy atom. The molecular weight excluding hydrogens is 278 g/mol. The van der Waals surface area contributed by atoms with Crippen LogP contribution >= 0.6 is 0 Å². The molecule has 8 heteroatoms. The Balaban J connectivity index is 2.85. The van der Waals surface area contributed by atoms with Crippen molar-refractivity contribution in [1.29, 1.82) is 0 Å². The Kier molecular flexibility index (Phi) is 5.31. The number of nitrogens with zero attached hydrogens (tertiary/aromatic N) is 2. The van der Waals surface area contributed by atoms with E-state index < -0.39 is 10.0 Å². The van der Waals surface area contributed by atoms with Crippen molar-refractivity contribution >= 4 is 10.0 Å². The van der Waals surface area contributed by atoms with E-state index in [9.17, 15) is 8.42 Å². The molecule has 0 radical (unpaired) electrons. The molecule has 0 fully saturated rings. The standard InChI is InChI=1S/C12H25N5O2S/c1-9-10(6-13)11(16-15-9)20(18,19)14-7-12(2,3)8-17(4)5/h14H,6-8,13H2,1-5H3,(H,15,16). The van der Waals surface area contributed by atoms with Crippen molar-refractivity contribution in [2.75, 3.05) is 27.2 Å². The molecule has 0 aliphatic carbocycles. The first-order valence-corrected chi connectivity index (χ1v) is 7.96. The fraction of sp³-hybridized carbons (Fsp3) is 0.750. The quantitative estimate of drug-likeness (QED) is 0.660.